The number of nitrogens with one attached hydrogen (secondary N) is 2. The van der Waals surface area contributed by atoms with E-state index in [4.69, 9.17) is 16.3 Å². The van der Waals surface area contributed by atoms with Crippen molar-refractivity contribution in [2.75, 3.05) is 26.7 Å². The van der Waals surface area contributed by atoms with Crippen molar-refractivity contribution >= 4 is 34.0 Å². The van der Waals surface area contributed by atoms with Crippen LogP contribution in [0.1, 0.15) is 19.3 Å². The molecule has 1 heterocycles. The summed E-state index contributed by atoms with van der Waals surface area (Å²) in [4.78, 5) is 0.0827. The lowest BCUT2D eigenvalue weighted by Crippen LogP contribution is -2.33. The molecule has 1 saturated heterocycles. The van der Waals surface area contributed by atoms with Crippen LogP contribution in [-0.4, -0.2) is 35.2 Å². The molecule has 0 aliphatic carbocycles. The van der Waals surface area contributed by atoms with Crippen molar-refractivity contribution in [2.24, 2.45) is 5.92 Å². The number of hydrogen-bond acceptors (Lipinski definition) is 4. The molecule has 1 atom stereocenters. The van der Waals surface area contributed by atoms with Gasteiger partial charge < -0.3 is 10.1 Å². The average molecular weight is 369 g/mol. The van der Waals surface area contributed by atoms with Crippen molar-refractivity contribution in [3.63, 3.8) is 0 Å². The fraction of sp³-hybridized carbons (Fsp3) is 0.571. The summed E-state index contributed by atoms with van der Waals surface area (Å²) in [7, 11) is -2.17. The van der Waals surface area contributed by atoms with E-state index in [1.807, 2.05) is 0 Å². The first kappa shape index (κ1) is 19.5. The quantitative estimate of drug-likeness (QED) is 0.808. The minimum absolute atomic E-state index is 0. The predicted octanol–water partition coefficient (Wildman–Crippen LogP) is 2.44. The largest absolute Gasteiger partial charge is 0.495 e. The van der Waals surface area contributed by atoms with Crippen molar-refractivity contribution < 1.29 is 13.2 Å². The Morgan fingerprint density at radius 2 is 2.23 bits per heavy atom. The Morgan fingerprint density at radius 3 is 2.86 bits per heavy atom. The highest BCUT2D eigenvalue weighted by molar-refractivity contribution is 7.89. The van der Waals surface area contributed by atoms with Crippen LogP contribution >= 0.6 is 24.0 Å². The standard InChI is InChI=1S/C14H21ClN2O3S.ClH/c1-20-13-5-4-12(15)9-14(13)21(18,19)17-8-6-11-3-2-7-16-10-11;/h4-5,9,11,16-17H,2-3,6-8,10H2,1H3;1H. The van der Waals surface area contributed by atoms with Gasteiger partial charge in [0, 0.05) is 11.6 Å². The summed E-state index contributed by atoms with van der Waals surface area (Å²) >= 11 is 5.88. The van der Waals surface area contributed by atoms with Crippen molar-refractivity contribution in [3.8, 4) is 5.75 Å². The molecule has 0 aromatic heterocycles. The summed E-state index contributed by atoms with van der Waals surface area (Å²) in [5.74, 6) is 0.828. The van der Waals surface area contributed by atoms with Crippen molar-refractivity contribution in [1.29, 1.82) is 0 Å². The second kappa shape index (κ2) is 8.93. The Bertz CT molecular complexity index is 575. The molecule has 0 saturated carbocycles. The molecule has 5 nitrogen and oxygen atoms in total. The van der Waals surface area contributed by atoms with Gasteiger partial charge in [0.15, 0.2) is 0 Å². The average Bonchev–Trinajstić information content (AvgIpc) is 2.48. The topological polar surface area (TPSA) is 67.4 Å². The highest BCUT2D eigenvalue weighted by atomic mass is 35.5. The van der Waals surface area contributed by atoms with E-state index in [2.05, 4.69) is 10.0 Å². The van der Waals surface area contributed by atoms with E-state index in [0.29, 0.717) is 23.2 Å². The minimum atomic E-state index is -3.61. The SMILES string of the molecule is COc1ccc(Cl)cc1S(=O)(=O)NCCC1CCCNC1.Cl. The van der Waals surface area contributed by atoms with Gasteiger partial charge in [0.1, 0.15) is 10.6 Å². The Morgan fingerprint density at radius 1 is 1.45 bits per heavy atom. The number of methoxy groups -OCH3 is 1. The minimum Gasteiger partial charge on any atom is -0.495 e. The van der Waals surface area contributed by atoms with Crippen LogP contribution in [0.4, 0.5) is 0 Å². The van der Waals surface area contributed by atoms with Crippen LogP contribution in [0, 0.1) is 5.92 Å². The van der Waals surface area contributed by atoms with Gasteiger partial charge in [-0.3, -0.25) is 0 Å². The van der Waals surface area contributed by atoms with Gasteiger partial charge in [-0.2, -0.15) is 0 Å². The summed E-state index contributed by atoms with van der Waals surface area (Å²) < 4.78 is 32.4. The molecule has 0 bridgehead atoms. The van der Waals surface area contributed by atoms with Gasteiger partial charge in [-0.1, -0.05) is 11.6 Å². The molecule has 8 heteroatoms. The normalized spacial score (nSPS) is 18.5. The molecule has 1 aliphatic rings. The lowest BCUT2D eigenvalue weighted by Gasteiger charge is -2.22. The first-order chi connectivity index (χ1) is 10.0. The molecule has 1 unspecified atom stereocenters. The van der Waals surface area contributed by atoms with Crippen LogP contribution in [0.3, 0.4) is 0 Å². The van der Waals surface area contributed by atoms with E-state index in [-0.39, 0.29) is 17.3 Å². The van der Waals surface area contributed by atoms with Crippen LogP contribution in [-0.2, 0) is 10.0 Å². The van der Waals surface area contributed by atoms with Crippen LogP contribution in [0.5, 0.6) is 5.75 Å². The Balaban J connectivity index is 0.00000242. The smallest absolute Gasteiger partial charge is 0.244 e. The lowest BCUT2D eigenvalue weighted by atomic mass is 9.96. The second-order valence-corrected chi connectivity index (χ2v) is 7.37. The van der Waals surface area contributed by atoms with Crippen molar-refractivity contribution in [1.82, 2.24) is 10.0 Å². The third kappa shape index (κ3) is 5.28. The molecule has 2 rings (SSSR count). The summed E-state index contributed by atoms with van der Waals surface area (Å²) in [5.41, 5.74) is 0. The molecule has 22 heavy (non-hydrogen) atoms. The van der Waals surface area contributed by atoms with E-state index in [0.717, 1.165) is 32.4 Å². The molecule has 1 aliphatic heterocycles. The van der Waals surface area contributed by atoms with Crippen molar-refractivity contribution in [2.45, 2.75) is 24.2 Å². The van der Waals surface area contributed by atoms with Crippen molar-refractivity contribution in [3.05, 3.63) is 23.2 Å². The lowest BCUT2D eigenvalue weighted by molar-refractivity contribution is 0.358. The van der Waals surface area contributed by atoms with Crippen LogP contribution in [0.2, 0.25) is 5.02 Å². The molecule has 1 aromatic carbocycles. The molecular weight excluding hydrogens is 347 g/mol. The first-order valence-corrected chi connectivity index (χ1v) is 8.93. The number of sulfonamides is 1. The third-order valence-corrected chi connectivity index (χ3v) is 5.38. The van der Waals surface area contributed by atoms with E-state index in [1.54, 1.807) is 12.1 Å². The van der Waals surface area contributed by atoms with Gasteiger partial charge in [-0.15, -0.1) is 12.4 Å². The number of piperidine rings is 1. The fourth-order valence-electron chi connectivity index (χ4n) is 2.51. The zero-order valence-corrected chi connectivity index (χ0v) is 14.9. The zero-order chi connectivity index (χ0) is 15.3. The van der Waals surface area contributed by atoms with Gasteiger partial charge in [-0.05, 0) is 56.5 Å². The molecular formula is C14H22Cl2N2O3S. The van der Waals surface area contributed by atoms with E-state index in [9.17, 15) is 8.42 Å². The Kier molecular flexibility index (Phi) is 7.93. The molecule has 0 radical (unpaired) electrons. The third-order valence-electron chi connectivity index (χ3n) is 3.66. The number of hydrogen-bond donors (Lipinski definition) is 2. The van der Waals surface area contributed by atoms with Gasteiger partial charge in [0.2, 0.25) is 10.0 Å². The van der Waals surface area contributed by atoms with Crippen LogP contribution in [0.25, 0.3) is 0 Å². The van der Waals surface area contributed by atoms with Gasteiger partial charge in [0.25, 0.3) is 0 Å². The van der Waals surface area contributed by atoms with E-state index < -0.39 is 10.0 Å². The molecule has 2 N–H and O–H groups in total. The van der Waals surface area contributed by atoms with E-state index >= 15 is 0 Å². The molecule has 1 fully saturated rings. The molecule has 0 amide bonds. The summed E-state index contributed by atoms with van der Waals surface area (Å²) in [5, 5.41) is 3.69. The van der Waals surface area contributed by atoms with Gasteiger partial charge in [-0.25, -0.2) is 13.1 Å². The second-order valence-electron chi connectivity index (χ2n) is 5.19. The number of halogens is 2. The highest BCUT2D eigenvalue weighted by Crippen LogP contribution is 2.26. The van der Waals surface area contributed by atoms with Gasteiger partial charge >= 0.3 is 0 Å². The first-order valence-electron chi connectivity index (χ1n) is 7.07. The predicted molar refractivity (Wildman–Crippen MR) is 90.7 cm³/mol. The number of rotatable bonds is 6. The monoisotopic (exact) mass is 368 g/mol. The van der Waals surface area contributed by atoms with Crippen LogP contribution < -0.4 is 14.8 Å². The molecule has 0 spiro atoms. The maximum absolute atomic E-state index is 12.3. The molecule has 1 aromatic rings. The number of ether oxygens (including phenoxy) is 1. The van der Waals surface area contributed by atoms with E-state index in [1.165, 1.54) is 13.2 Å². The maximum Gasteiger partial charge on any atom is 0.244 e. The highest BCUT2D eigenvalue weighted by Gasteiger charge is 2.20. The zero-order valence-electron chi connectivity index (χ0n) is 12.5. The fourth-order valence-corrected chi connectivity index (χ4v) is 3.98. The number of benzene rings is 1. The summed E-state index contributed by atoms with van der Waals surface area (Å²) in [6.45, 7) is 2.44. The summed E-state index contributed by atoms with van der Waals surface area (Å²) in [6, 6.07) is 4.57. The molecule has 126 valence electrons. The maximum atomic E-state index is 12.3. The Hall–Kier alpha value is -0.530. The van der Waals surface area contributed by atoms with Crippen LogP contribution in [0.15, 0.2) is 23.1 Å². The van der Waals surface area contributed by atoms with Gasteiger partial charge in [0.05, 0.1) is 7.11 Å². The Labute approximate surface area is 143 Å². The summed E-state index contributed by atoms with van der Waals surface area (Å²) in [6.07, 6.45) is 3.13.